The van der Waals surface area contributed by atoms with Crippen LogP contribution in [-0.4, -0.2) is 5.11 Å². The van der Waals surface area contributed by atoms with Gasteiger partial charge in [-0.05, 0) is 41.7 Å². The summed E-state index contributed by atoms with van der Waals surface area (Å²) in [6, 6.07) is 16.4. The van der Waals surface area contributed by atoms with Crippen LogP contribution in [0.2, 0.25) is 0 Å². The summed E-state index contributed by atoms with van der Waals surface area (Å²) in [4.78, 5) is 0. The minimum atomic E-state index is 0.323. The summed E-state index contributed by atoms with van der Waals surface area (Å²) in [6.45, 7) is 2.29. The molecule has 0 amide bonds. The molecule has 0 saturated carbocycles. The van der Waals surface area contributed by atoms with Crippen molar-refractivity contribution in [1.82, 2.24) is 0 Å². The second kappa shape index (κ2) is 16.9. The predicted octanol–water partition coefficient (Wildman–Crippen LogP) is 9.86. The number of rotatable bonds is 18. The van der Waals surface area contributed by atoms with Crippen LogP contribution in [0.5, 0.6) is 5.75 Å². The van der Waals surface area contributed by atoms with Gasteiger partial charge in [-0.15, -0.1) is 0 Å². The van der Waals surface area contributed by atoms with Crippen molar-refractivity contribution in [3.05, 3.63) is 54.1 Å². The third-order valence-corrected chi connectivity index (χ3v) is 6.47. The van der Waals surface area contributed by atoms with Crippen LogP contribution in [0.25, 0.3) is 11.1 Å². The standard InChI is InChI=1S/C30H46O/c1-2-3-4-5-6-7-8-9-10-11-12-13-14-15-16-17-18-27-19-21-28(22-20-27)29-23-25-30(31)26-24-29/h19-26,31H,2-18H2,1H3. The zero-order chi connectivity index (χ0) is 22.0. The zero-order valence-corrected chi connectivity index (χ0v) is 20.1. The number of hydrogen-bond acceptors (Lipinski definition) is 1. The van der Waals surface area contributed by atoms with Gasteiger partial charge in [0.15, 0.2) is 0 Å². The van der Waals surface area contributed by atoms with Gasteiger partial charge in [0.2, 0.25) is 0 Å². The van der Waals surface area contributed by atoms with Gasteiger partial charge in [0.05, 0.1) is 0 Å². The Morgan fingerprint density at radius 2 is 0.806 bits per heavy atom. The molecule has 1 heteroatoms. The van der Waals surface area contributed by atoms with Crippen molar-refractivity contribution >= 4 is 0 Å². The summed E-state index contributed by atoms with van der Waals surface area (Å²) in [5, 5.41) is 9.42. The molecule has 31 heavy (non-hydrogen) atoms. The van der Waals surface area contributed by atoms with Crippen LogP contribution < -0.4 is 0 Å². The fourth-order valence-electron chi connectivity index (χ4n) is 4.39. The highest BCUT2D eigenvalue weighted by molar-refractivity contribution is 5.64. The molecule has 0 aliphatic carbocycles. The van der Waals surface area contributed by atoms with Crippen molar-refractivity contribution in [3.63, 3.8) is 0 Å². The molecule has 0 aromatic heterocycles. The lowest BCUT2D eigenvalue weighted by Crippen LogP contribution is -1.87. The molecule has 0 aliphatic heterocycles. The van der Waals surface area contributed by atoms with E-state index >= 15 is 0 Å². The van der Waals surface area contributed by atoms with Crippen LogP contribution in [-0.2, 0) is 6.42 Å². The molecule has 0 fully saturated rings. The van der Waals surface area contributed by atoms with Gasteiger partial charge in [0, 0.05) is 0 Å². The molecule has 1 N–H and O–H groups in total. The van der Waals surface area contributed by atoms with Crippen molar-refractivity contribution in [2.75, 3.05) is 0 Å². The molecule has 0 aliphatic rings. The van der Waals surface area contributed by atoms with E-state index in [1.807, 2.05) is 12.1 Å². The van der Waals surface area contributed by atoms with Crippen LogP contribution in [0.15, 0.2) is 48.5 Å². The van der Waals surface area contributed by atoms with E-state index in [1.54, 1.807) is 12.1 Å². The van der Waals surface area contributed by atoms with E-state index in [0.29, 0.717) is 5.75 Å². The summed E-state index contributed by atoms with van der Waals surface area (Å²) < 4.78 is 0. The minimum Gasteiger partial charge on any atom is -0.508 e. The summed E-state index contributed by atoms with van der Waals surface area (Å²) in [6.07, 6.45) is 24.0. The third kappa shape index (κ3) is 12.0. The molecule has 0 saturated heterocycles. The number of unbranched alkanes of at least 4 members (excludes halogenated alkanes) is 15. The van der Waals surface area contributed by atoms with Gasteiger partial charge in [-0.2, -0.15) is 0 Å². The Bertz CT molecular complexity index is 656. The van der Waals surface area contributed by atoms with Crippen LogP contribution in [0.1, 0.15) is 115 Å². The van der Waals surface area contributed by atoms with E-state index in [-0.39, 0.29) is 0 Å². The molecule has 0 radical (unpaired) electrons. The fraction of sp³-hybridized carbons (Fsp3) is 0.600. The van der Waals surface area contributed by atoms with E-state index < -0.39 is 0 Å². The lowest BCUT2D eigenvalue weighted by Gasteiger charge is -2.06. The lowest BCUT2D eigenvalue weighted by molar-refractivity contribution is 0.475. The first-order chi connectivity index (χ1) is 15.3. The number of phenolic OH excluding ortho intramolecular Hbond substituents is 1. The molecule has 0 spiro atoms. The predicted molar refractivity (Wildman–Crippen MR) is 137 cm³/mol. The van der Waals surface area contributed by atoms with Crippen molar-refractivity contribution in [2.45, 2.75) is 116 Å². The van der Waals surface area contributed by atoms with Gasteiger partial charge in [0.1, 0.15) is 5.75 Å². The maximum absolute atomic E-state index is 9.42. The second-order valence-corrected chi connectivity index (χ2v) is 9.30. The summed E-state index contributed by atoms with van der Waals surface area (Å²) in [5.41, 5.74) is 3.82. The molecule has 0 heterocycles. The van der Waals surface area contributed by atoms with Crippen LogP contribution in [0.4, 0.5) is 0 Å². The van der Waals surface area contributed by atoms with Gasteiger partial charge in [-0.25, -0.2) is 0 Å². The van der Waals surface area contributed by atoms with Crippen molar-refractivity contribution < 1.29 is 5.11 Å². The van der Waals surface area contributed by atoms with Crippen molar-refractivity contribution in [3.8, 4) is 16.9 Å². The molecule has 2 rings (SSSR count). The minimum absolute atomic E-state index is 0.323. The molecule has 2 aromatic carbocycles. The molecular weight excluding hydrogens is 376 g/mol. The Labute approximate surface area is 192 Å². The molecule has 0 atom stereocenters. The van der Waals surface area contributed by atoms with E-state index in [9.17, 15) is 5.11 Å². The van der Waals surface area contributed by atoms with E-state index in [0.717, 1.165) is 5.56 Å². The third-order valence-electron chi connectivity index (χ3n) is 6.47. The highest BCUT2D eigenvalue weighted by Crippen LogP contribution is 2.23. The van der Waals surface area contributed by atoms with Crippen LogP contribution in [0.3, 0.4) is 0 Å². The van der Waals surface area contributed by atoms with E-state index in [2.05, 4.69) is 31.2 Å². The Balaban J connectivity index is 1.39. The first-order valence-corrected chi connectivity index (χ1v) is 13.2. The summed E-state index contributed by atoms with van der Waals surface area (Å²) in [5.74, 6) is 0.323. The topological polar surface area (TPSA) is 20.2 Å². The number of benzene rings is 2. The molecule has 172 valence electrons. The zero-order valence-electron chi connectivity index (χ0n) is 20.1. The maximum Gasteiger partial charge on any atom is 0.115 e. The van der Waals surface area contributed by atoms with Crippen molar-refractivity contribution in [1.29, 1.82) is 0 Å². The van der Waals surface area contributed by atoms with Crippen LogP contribution in [0, 0.1) is 0 Å². The molecule has 0 unspecified atom stereocenters. The summed E-state index contributed by atoms with van der Waals surface area (Å²) in [7, 11) is 0. The first kappa shape index (κ1) is 25.5. The number of aryl methyl sites for hydroxylation is 1. The molecular formula is C30H46O. The largest absolute Gasteiger partial charge is 0.508 e. The lowest BCUT2D eigenvalue weighted by atomic mass is 10.0. The quantitative estimate of drug-likeness (QED) is 0.237. The Hall–Kier alpha value is -1.76. The van der Waals surface area contributed by atoms with Gasteiger partial charge in [-0.3, -0.25) is 0 Å². The van der Waals surface area contributed by atoms with Crippen molar-refractivity contribution in [2.24, 2.45) is 0 Å². The molecule has 2 aromatic rings. The average Bonchev–Trinajstić information content (AvgIpc) is 2.80. The normalized spacial score (nSPS) is 11.1. The Kier molecular flexibility index (Phi) is 13.9. The SMILES string of the molecule is CCCCCCCCCCCCCCCCCCc1ccc(-c2ccc(O)cc2)cc1. The van der Waals surface area contributed by atoms with Gasteiger partial charge in [-0.1, -0.05) is 140 Å². The van der Waals surface area contributed by atoms with Gasteiger partial charge < -0.3 is 5.11 Å². The molecule has 0 bridgehead atoms. The second-order valence-electron chi connectivity index (χ2n) is 9.30. The average molecular weight is 423 g/mol. The maximum atomic E-state index is 9.42. The number of aromatic hydroxyl groups is 1. The monoisotopic (exact) mass is 422 g/mol. The van der Waals surface area contributed by atoms with Crippen LogP contribution >= 0.6 is 0 Å². The molecule has 1 nitrogen and oxygen atoms in total. The summed E-state index contributed by atoms with van der Waals surface area (Å²) >= 11 is 0. The highest BCUT2D eigenvalue weighted by Gasteiger charge is 2.00. The van der Waals surface area contributed by atoms with Gasteiger partial charge in [0.25, 0.3) is 0 Å². The number of phenols is 1. The van der Waals surface area contributed by atoms with E-state index in [4.69, 9.17) is 0 Å². The fourth-order valence-corrected chi connectivity index (χ4v) is 4.39. The first-order valence-electron chi connectivity index (χ1n) is 13.2. The van der Waals surface area contributed by atoms with E-state index in [1.165, 1.54) is 120 Å². The van der Waals surface area contributed by atoms with Gasteiger partial charge >= 0.3 is 0 Å². The Morgan fingerprint density at radius 1 is 0.452 bits per heavy atom. The smallest absolute Gasteiger partial charge is 0.115 e. The highest BCUT2D eigenvalue weighted by atomic mass is 16.3. The Morgan fingerprint density at radius 3 is 1.23 bits per heavy atom. The number of hydrogen-bond donors (Lipinski definition) is 1.